The zero-order valence-electron chi connectivity index (χ0n) is 14.7. The molecule has 0 spiro atoms. The molecule has 2 heterocycles. The third kappa shape index (κ3) is 4.05. The van der Waals surface area contributed by atoms with E-state index in [0.717, 1.165) is 25.9 Å². The van der Waals surface area contributed by atoms with Crippen molar-refractivity contribution < 1.29 is 9.72 Å². The molecule has 2 aromatic rings. The molecular formula is C17H22N6O3. The minimum absolute atomic E-state index is 0.0337. The first-order valence-electron chi connectivity index (χ1n) is 8.75. The molecule has 1 amide bonds. The number of carbonyl (C=O) groups excluding carboxylic acids is 1. The summed E-state index contributed by atoms with van der Waals surface area (Å²) < 4.78 is 1.39. The second kappa shape index (κ2) is 8.05. The van der Waals surface area contributed by atoms with Gasteiger partial charge >= 0.3 is 0 Å². The summed E-state index contributed by atoms with van der Waals surface area (Å²) in [6, 6.07) is 6.06. The molecule has 0 unspecified atom stereocenters. The van der Waals surface area contributed by atoms with Crippen LogP contribution >= 0.6 is 0 Å². The van der Waals surface area contributed by atoms with Gasteiger partial charge in [-0.25, -0.2) is 4.68 Å². The summed E-state index contributed by atoms with van der Waals surface area (Å²) in [5.41, 5.74) is 0.713. The third-order valence-electron chi connectivity index (χ3n) is 4.60. The Morgan fingerprint density at radius 3 is 2.85 bits per heavy atom. The molecule has 1 N–H and O–H groups in total. The van der Waals surface area contributed by atoms with Crippen molar-refractivity contribution in [3.05, 3.63) is 46.3 Å². The summed E-state index contributed by atoms with van der Waals surface area (Å²) in [6.07, 6.45) is 3.46. The average Bonchev–Trinajstić information content (AvgIpc) is 3.16. The van der Waals surface area contributed by atoms with Gasteiger partial charge in [-0.1, -0.05) is 18.2 Å². The summed E-state index contributed by atoms with van der Waals surface area (Å²) in [7, 11) is 0. The van der Waals surface area contributed by atoms with E-state index in [1.807, 2.05) is 0 Å². The maximum absolute atomic E-state index is 12.6. The number of nitro groups is 1. The van der Waals surface area contributed by atoms with Gasteiger partial charge in [0.25, 0.3) is 11.6 Å². The molecule has 0 saturated carbocycles. The van der Waals surface area contributed by atoms with Gasteiger partial charge in [0.1, 0.15) is 0 Å². The molecule has 3 rings (SSSR count). The fourth-order valence-electron chi connectivity index (χ4n) is 3.09. The third-order valence-corrected chi connectivity index (χ3v) is 4.60. The highest BCUT2D eigenvalue weighted by Crippen LogP contribution is 2.19. The predicted octanol–water partition coefficient (Wildman–Crippen LogP) is 1.64. The SMILES string of the molecule is CCNCC1CCN(C(=O)c2cn(-c3cccc([N+](=O)[O-])c3)nn2)CC1. The van der Waals surface area contributed by atoms with E-state index >= 15 is 0 Å². The highest BCUT2D eigenvalue weighted by atomic mass is 16.6. The van der Waals surface area contributed by atoms with Crippen LogP contribution in [0.5, 0.6) is 0 Å². The van der Waals surface area contributed by atoms with E-state index in [0.29, 0.717) is 24.7 Å². The maximum atomic E-state index is 12.6. The van der Waals surface area contributed by atoms with Crippen molar-refractivity contribution in [2.75, 3.05) is 26.2 Å². The van der Waals surface area contributed by atoms with Gasteiger partial charge in [0.05, 0.1) is 16.8 Å². The Hall–Kier alpha value is -2.81. The molecule has 1 aliphatic rings. The van der Waals surface area contributed by atoms with E-state index < -0.39 is 4.92 Å². The van der Waals surface area contributed by atoms with Gasteiger partial charge in [-0.3, -0.25) is 14.9 Å². The fraction of sp³-hybridized carbons (Fsp3) is 0.471. The van der Waals surface area contributed by atoms with Crippen LogP contribution in [0.4, 0.5) is 5.69 Å². The molecule has 1 fully saturated rings. The molecular weight excluding hydrogens is 336 g/mol. The van der Waals surface area contributed by atoms with Crippen molar-refractivity contribution in [1.29, 1.82) is 0 Å². The molecule has 1 saturated heterocycles. The van der Waals surface area contributed by atoms with Crippen LogP contribution in [-0.4, -0.2) is 56.9 Å². The molecule has 0 bridgehead atoms. The first-order chi connectivity index (χ1) is 12.6. The Balaban J connectivity index is 1.65. The number of likely N-dealkylation sites (tertiary alicyclic amines) is 1. The van der Waals surface area contributed by atoms with Gasteiger partial charge in [-0.15, -0.1) is 5.10 Å². The van der Waals surface area contributed by atoms with Crippen molar-refractivity contribution in [1.82, 2.24) is 25.2 Å². The molecule has 1 aliphatic heterocycles. The van der Waals surface area contributed by atoms with Crippen LogP contribution < -0.4 is 5.32 Å². The van der Waals surface area contributed by atoms with Gasteiger partial charge in [0.15, 0.2) is 5.69 Å². The topological polar surface area (TPSA) is 106 Å². The highest BCUT2D eigenvalue weighted by Gasteiger charge is 2.25. The molecule has 26 heavy (non-hydrogen) atoms. The second-order valence-corrected chi connectivity index (χ2v) is 6.37. The summed E-state index contributed by atoms with van der Waals surface area (Å²) >= 11 is 0. The maximum Gasteiger partial charge on any atom is 0.276 e. The van der Waals surface area contributed by atoms with E-state index in [2.05, 4.69) is 22.6 Å². The van der Waals surface area contributed by atoms with Gasteiger partial charge in [-0.05, 0) is 37.9 Å². The van der Waals surface area contributed by atoms with E-state index in [4.69, 9.17) is 0 Å². The lowest BCUT2D eigenvalue weighted by Crippen LogP contribution is -2.40. The molecule has 9 heteroatoms. The largest absolute Gasteiger partial charge is 0.337 e. The van der Waals surface area contributed by atoms with Crippen LogP contribution in [0, 0.1) is 16.0 Å². The normalized spacial score (nSPS) is 15.2. The lowest BCUT2D eigenvalue weighted by atomic mass is 9.96. The Labute approximate surface area is 151 Å². The molecule has 0 aliphatic carbocycles. The number of amides is 1. The zero-order chi connectivity index (χ0) is 18.5. The van der Waals surface area contributed by atoms with Crippen LogP contribution in [0.25, 0.3) is 5.69 Å². The van der Waals surface area contributed by atoms with E-state index in [-0.39, 0.29) is 17.3 Å². The Morgan fingerprint density at radius 2 is 2.15 bits per heavy atom. The number of nitrogens with one attached hydrogen (secondary N) is 1. The standard InChI is InChI=1S/C17H22N6O3/c1-2-18-11-13-6-8-21(9-7-13)17(24)16-12-22(20-19-16)14-4-3-5-15(10-14)23(25)26/h3-5,10,12-13,18H,2,6-9,11H2,1H3. The summed E-state index contributed by atoms with van der Waals surface area (Å²) in [4.78, 5) is 24.8. The fourth-order valence-corrected chi connectivity index (χ4v) is 3.09. The number of nitrogens with zero attached hydrogens (tertiary/aromatic N) is 5. The quantitative estimate of drug-likeness (QED) is 0.621. The minimum Gasteiger partial charge on any atom is -0.337 e. The van der Waals surface area contributed by atoms with Crippen LogP contribution in [0.1, 0.15) is 30.3 Å². The van der Waals surface area contributed by atoms with Crippen LogP contribution in [0.15, 0.2) is 30.5 Å². The molecule has 138 valence electrons. The van der Waals surface area contributed by atoms with Gasteiger partial charge in [0.2, 0.25) is 0 Å². The zero-order valence-corrected chi connectivity index (χ0v) is 14.7. The number of non-ortho nitro benzene ring substituents is 1. The van der Waals surface area contributed by atoms with Gasteiger partial charge in [0, 0.05) is 25.2 Å². The van der Waals surface area contributed by atoms with Crippen molar-refractivity contribution in [2.24, 2.45) is 5.92 Å². The average molecular weight is 358 g/mol. The summed E-state index contributed by atoms with van der Waals surface area (Å²) in [6.45, 7) is 5.45. The number of benzene rings is 1. The van der Waals surface area contributed by atoms with E-state index in [9.17, 15) is 14.9 Å². The number of hydrogen-bond donors (Lipinski definition) is 1. The number of nitro benzene ring substituents is 1. The minimum atomic E-state index is -0.468. The van der Waals surface area contributed by atoms with Crippen molar-refractivity contribution in [3.63, 3.8) is 0 Å². The lowest BCUT2D eigenvalue weighted by molar-refractivity contribution is -0.384. The number of aromatic nitrogens is 3. The summed E-state index contributed by atoms with van der Waals surface area (Å²) in [5.74, 6) is 0.447. The predicted molar refractivity (Wildman–Crippen MR) is 95.2 cm³/mol. The number of hydrogen-bond acceptors (Lipinski definition) is 6. The molecule has 0 atom stereocenters. The highest BCUT2D eigenvalue weighted by molar-refractivity contribution is 5.92. The van der Waals surface area contributed by atoms with Crippen molar-refractivity contribution in [2.45, 2.75) is 19.8 Å². The first-order valence-corrected chi connectivity index (χ1v) is 8.75. The Morgan fingerprint density at radius 1 is 1.38 bits per heavy atom. The molecule has 9 nitrogen and oxygen atoms in total. The number of carbonyl (C=O) groups is 1. The van der Waals surface area contributed by atoms with E-state index in [1.54, 1.807) is 17.0 Å². The number of rotatable bonds is 6. The van der Waals surface area contributed by atoms with Gasteiger partial charge < -0.3 is 10.2 Å². The van der Waals surface area contributed by atoms with Crippen LogP contribution in [-0.2, 0) is 0 Å². The molecule has 1 aromatic carbocycles. The Bertz CT molecular complexity index is 782. The monoisotopic (exact) mass is 358 g/mol. The molecule has 1 aromatic heterocycles. The second-order valence-electron chi connectivity index (χ2n) is 6.37. The number of piperidine rings is 1. The van der Waals surface area contributed by atoms with Crippen molar-refractivity contribution in [3.8, 4) is 5.69 Å². The lowest BCUT2D eigenvalue weighted by Gasteiger charge is -2.31. The summed E-state index contributed by atoms with van der Waals surface area (Å²) in [5, 5.41) is 22.1. The first kappa shape index (κ1) is 18.0. The van der Waals surface area contributed by atoms with Crippen molar-refractivity contribution >= 4 is 11.6 Å². The molecule has 0 radical (unpaired) electrons. The van der Waals surface area contributed by atoms with Gasteiger partial charge in [-0.2, -0.15) is 0 Å². The van der Waals surface area contributed by atoms with E-state index in [1.165, 1.54) is 23.0 Å². The van der Waals surface area contributed by atoms with Crippen LogP contribution in [0.3, 0.4) is 0 Å². The Kier molecular flexibility index (Phi) is 5.57. The smallest absolute Gasteiger partial charge is 0.276 e. The van der Waals surface area contributed by atoms with Crippen LogP contribution in [0.2, 0.25) is 0 Å².